The van der Waals surface area contributed by atoms with Crippen molar-refractivity contribution in [2.75, 3.05) is 7.11 Å². The first kappa shape index (κ1) is 18.0. The van der Waals surface area contributed by atoms with Gasteiger partial charge in [-0.15, -0.1) is 11.8 Å². The molecule has 0 atom stereocenters. The van der Waals surface area contributed by atoms with Gasteiger partial charge < -0.3 is 4.74 Å². The highest BCUT2D eigenvalue weighted by atomic mass is 32.2. The summed E-state index contributed by atoms with van der Waals surface area (Å²) < 4.78 is 20.8. The molecule has 0 saturated carbocycles. The van der Waals surface area contributed by atoms with E-state index in [1.54, 1.807) is 24.2 Å². The van der Waals surface area contributed by atoms with E-state index in [4.69, 9.17) is 9.84 Å². The zero-order valence-corrected chi connectivity index (χ0v) is 16.2. The number of nitrogens with zero attached hydrogens (tertiary/aromatic N) is 4. The number of rotatable bonds is 5. The van der Waals surface area contributed by atoms with Gasteiger partial charge in [-0.3, -0.25) is 0 Å². The van der Waals surface area contributed by atoms with Crippen LogP contribution in [0.25, 0.3) is 5.82 Å². The highest BCUT2D eigenvalue weighted by Crippen LogP contribution is 2.28. The molecule has 0 N–H and O–H groups in total. The highest BCUT2D eigenvalue weighted by molar-refractivity contribution is 7.98. The van der Waals surface area contributed by atoms with Gasteiger partial charge >= 0.3 is 0 Å². The molecule has 0 saturated heterocycles. The predicted octanol–water partition coefficient (Wildman–Crippen LogP) is 4.29. The van der Waals surface area contributed by atoms with Crippen molar-refractivity contribution in [1.29, 1.82) is 0 Å². The Morgan fingerprint density at radius 2 is 2.04 bits per heavy atom. The summed E-state index contributed by atoms with van der Waals surface area (Å²) in [6, 6.07) is 6.97. The molecule has 0 fully saturated rings. The number of thioether (sulfide) groups is 1. The van der Waals surface area contributed by atoms with Crippen LogP contribution in [0.5, 0.6) is 5.75 Å². The molecule has 0 aliphatic heterocycles. The Labute approximate surface area is 162 Å². The first-order chi connectivity index (χ1) is 13.2. The zero-order valence-electron chi connectivity index (χ0n) is 15.4. The van der Waals surface area contributed by atoms with Crippen molar-refractivity contribution in [2.24, 2.45) is 0 Å². The Bertz CT molecular complexity index is 973. The molecule has 0 bridgehead atoms. The third-order valence-electron chi connectivity index (χ3n) is 4.83. The molecule has 7 heteroatoms. The van der Waals surface area contributed by atoms with Gasteiger partial charge in [-0.2, -0.15) is 5.10 Å². The maximum Gasteiger partial charge on any atom is 0.165 e. The van der Waals surface area contributed by atoms with Crippen molar-refractivity contribution in [1.82, 2.24) is 19.7 Å². The number of halogens is 1. The van der Waals surface area contributed by atoms with Crippen LogP contribution in [0.4, 0.5) is 4.39 Å². The van der Waals surface area contributed by atoms with Crippen LogP contribution in [-0.4, -0.2) is 26.9 Å². The van der Waals surface area contributed by atoms with Crippen LogP contribution in [0.15, 0.2) is 35.6 Å². The molecule has 1 aliphatic carbocycles. The molecular weight excluding hydrogens is 363 g/mol. The number of fused-ring (bicyclic) bond motifs is 1. The van der Waals surface area contributed by atoms with Crippen molar-refractivity contribution in [2.45, 2.75) is 43.4 Å². The first-order valence-corrected chi connectivity index (χ1v) is 9.99. The van der Waals surface area contributed by atoms with Gasteiger partial charge in [0.25, 0.3) is 0 Å². The number of methoxy groups -OCH3 is 1. The topological polar surface area (TPSA) is 52.8 Å². The number of aromatic nitrogens is 4. The number of hydrogen-bond acceptors (Lipinski definition) is 5. The van der Waals surface area contributed by atoms with Crippen molar-refractivity contribution < 1.29 is 9.13 Å². The third-order valence-corrected chi connectivity index (χ3v) is 5.83. The number of hydrogen-bond donors (Lipinski definition) is 0. The van der Waals surface area contributed by atoms with E-state index < -0.39 is 0 Å². The Morgan fingerprint density at radius 1 is 1.19 bits per heavy atom. The van der Waals surface area contributed by atoms with E-state index in [1.165, 1.54) is 37.3 Å². The van der Waals surface area contributed by atoms with Crippen LogP contribution in [0.2, 0.25) is 0 Å². The van der Waals surface area contributed by atoms with E-state index in [2.05, 4.69) is 16.9 Å². The summed E-state index contributed by atoms with van der Waals surface area (Å²) in [4.78, 5) is 8.77. The molecule has 0 unspecified atom stereocenters. The number of benzene rings is 1. The summed E-state index contributed by atoms with van der Waals surface area (Å²) >= 11 is 1.55. The fourth-order valence-corrected chi connectivity index (χ4v) is 4.26. The zero-order chi connectivity index (χ0) is 18.8. The van der Waals surface area contributed by atoms with E-state index in [9.17, 15) is 4.39 Å². The average molecular weight is 384 g/mol. The van der Waals surface area contributed by atoms with Crippen LogP contribution in [0, 0.1) is 12.7 Å². The predicted molar refractivity (Wildman–Crippen MR) is 103 cm³/mol. The molecule has 2 aromatic heterocycles. The van der Waals surface area contributed by atoms with Crippen LogP contribution >= 0.6 is 11.8 Å². The molecular formula is C20H21FN4OS. The maximum atomic E-state index is 13.9. The van der Waals surface area contributed by atoms with E-state index in [1.807, 2.05) is 16.8 Å². The molecule has 2 heterocycles. The van der Waals surface area contributed by atoms with E-state index >= 15 is 0 Å². The summed E-state index contributed by atoms with van der Waals surface area (Å²) in [5.74, 6) is 1.32. The molecule has 0 spiro atoms. The summed E-state index contributed by atoms with van der Waals surface area (Å²) in [7, 11) is 1.46. The minimum Gasteiger partial charge on any atom is -0.494 e. The van der Waals surface area contributed by atoms with Crippen molar-refractivity contribution >= 4 is 11.8 Å². The van der Waals surface area contributed by atoms with Crippen molar-refractivity contribution in [3.05, 3.63) is 58.9 Å². The number of ether oxygens (including phenoxy) is 1. The van der Waals surface area contributed by atoms with Gasteiger partial charge in [0.15, 0.2) is 17.4 Å². The number of aryl methyl sites for hydroxylation is 1. The van der Waals surface area contributed by atoms with Gasteiger partial charge in [0.2, 0.25) is 0 Å². The monoisotopic (exact) mass is 384 g/mol. The van der Waals surface area contributed by atoms with Gasteiger partial charge in [-0.05, 0) is 55.9 Å². The van der Waals surface area contributed by atoms with Gasteiger partial charge in [-0.25, -0.2) is 19.0 Å². The van der Waals surface area contributed by atoms with Crippen LogP contribution in [-0.2, 0) is 18.6 Å². The average Bonchev–Trinajstić information content (AvgIpc) is 3.04. The lowest BCUT2D eigenvalue weighted by Gasteiger charge is -2.13. The molecule has 1 aliphatic rings. The quantitative estimate of drug-likeness (QED) is 0.485. The highest BCUT2D eigenvalue weighted by Gasteiger charge is 2.20. The van der Waals surface area contributed by atoms with E-state index in [0.29, 0.717) is 5.75 Å². The summed E-state index contributed by atoms with van der Waals surface area (Å²) in [5, 5.41) is 5.55. The molecule has 0 amide bonds. The fourth-order valence-electron chi connectivity index (χ4n) is 3.45. The maximum absolute atomic E-state index is 13.9. The Balaban J connectivity index is 1.54. The van der Waals surface area contributed by atoms with E-state index in [-0.39, 0.29) is 11.6 Å². The van der Waals surface area contributed by atoms with Crippen LogP contribution in [0.1, 0.15) is 35.4 Å². The summed E-state index contributed by atoms with van der Waals surface area (Å²) in [6.07, 6.45) is 6.11. The Morgan fingerprint density at radius 3 is 2.85 bits per heavy atom. The van der Waals surface area contributed by atoms with Gasteiger partial charge in [0.05, 0.1) is 12.8 Å². The SMILES string of the molecule is COc1ccc(CSc2cc(-n3nc(C)c4c3CCCC4)ncn2)cc1F. The second-order valence-corrected chi connectivity index (χ2v) is 7.60. The van der Waals surface area contributed by atoms with Gasteiger partial charge in [0.1, 0.15) is 11.4 Å². The Hall–Kier alpha value is -2.41. The van der Waals surface area contributed by atoms with Gasteiger partial charge in [-0.1, -0.05) is 6.07 Å². The molecule has 0 radical (unpaired) electrons. The molecule has 140 valence electrons. The molecule has 5 nitrogen and oxygen atoms in total. The lowest BCUT2D eigenvalue weighted by atomic mass is 9.96. The second kappa shape index (κ2) is 7.68. The Kier molecular flexibility index (Phi) is 5.11. The molecule has 3 aromatic rings. The molecule has 1 aromatic carbocycles. The third kappa shape index (κ3) is 3.69. The molecule has 4 rings (SSSR count). The summed E-state index contributed by atoms with van der Waals surface area (Å²) in [6.45, 7) is 2.07. The lowest BCUT2D eigenvalue weighted by Crippen LogP contribution is -2.09. The standard InChI is InChI=1S/C20H21FN4OS/c1-13-15-5-3-4-6-17(15)25(24-13)19-10-20(23-12-22-19)27-11-14-7-8-18(26-2)16(21)9-14/h7-10,12H,3-6,11H2,1-2H3. The minimum atomic E-state index is -0.349. The fraction of sp³-hybridized carbons (Fsp3) is 0.350. The largest absolute Gasteiger partial charge is 0.494 e. The summed E-state index contributed by atoms with van der Waals surface area (Å²) in [5.41, 5.74) is 4.60. The smallest absolute Gasteiger partial charge is 0.165 e. The second-order valence-electron chi connectivity index (χ2n) is 6.60. The normalized spacial score (nSPS) is 13.4. The van der Waals surface area contributed by atoms with Crippen molar-refractivity contribution in [3.8, 4) is 11.6 Å². The lowest BCUT2D eigenvalue weighted by molar-refractivity contribution is 0.386. The first-order valence-electron chi connectivity index (χ1n) is 9.00. The minimum absolute atomic E-state index is 0.256. The van der Waals surface area contributed by atoms with Crippen molar-refractivity contribution in [3.63, 3.8) is 0 Å². The van der Waals surface area contributed by atoms with Crippen LogP contribution in [0.3, 0.4) is 0 Å². The molecule has 27 heavy (non-hydrogen) atoms. The van der Waals surface area contributed by atoms with Crippen LogP contribution < -0.4 is 4.74 Å². The van der Waals surface area contributed by atoms with E-state index in [0.717, 1.165) is 34.9 Å². The van der Waals surface area contributed by atoms with Gasteiger partial charge in [0, 0.05) is 17.5 Å².